The van der Waals surface area contributed by atoms with Crippen molar-refractivity contribution >= 4 is 16.7 Å². The smallest absolute Gasteiger partial charge is 0.232 e. The minimum absolute atomic E-state index is 0.0121. The van der Waals surface area contributed by atoms with Crippen LogP contribution >= 0.6 is 0 Å². The van der Waals surface area contributed by atoms with Crippen LogP contribution in [0.4, 0.5) is 0 Å². The number of oxazole rings is 1. The van der Waals surface area contributed by atoms with Crippen LogP contribution in [-0.4, -0.2) is 34.0 Å². The van der Waals surface area contributed by atoms with Gasteiger partial charge in [-0.25, -0.2) is 4.98 Å². The number of hydrogen-bond donors (Lipinski definition) is 1. The Morgan fingerprint density at radius 2 is 2.00 bits per heavy atom. The molecule has 0 saturated heterocycles. The number of aryl methyl sites for hydroxylation is 1. The molecule has 4 atom stereocenters. The van der Waals surface area contributed by atoms with Gasteiger partial charge in [-0.05, 0) is 49.4 Å². The third-order valence-electron chi connectivity index (χ3n) is 5.87. The fraction of sp³-hybridized carbons (Fsp3) is 0.545. The van der Waals surface area contributed by atoms with Crippen LogP contribution in [0.1, 0.15) is 44.6 Å². The highest BCUT2D eigenvalue weighted by molar-refractivity contribution is 7.84. The molecule has 1 aromatic heterocycles. The molecule has 158 valence electrons. The Labute approximate surface area is 174 Å². The second-order valence-electron chi connectivity index (χ2n) is 7.92. The molecule has 0 aliphatic heterocycles. The Hall–Kier alpha value is -2.15. The van der Waals surface area contributed by atoms with E-state index in [9.17, 15) is 9.00 Å². The number of methoxy groups -OCH3 is 1. The molecule has 2 aromatic rings. The lowest BCUT2D eigenvalue weighted by molar-refractivity contribution is -0.120. The molecule has 0 spiro atoms. The average molecular weight is 419 g/mol. The van der Waals surface area contributed by atoms with E-state index in [4.69, 9.17) is 9.15 Å². The van der Waals surface area contributed by atoms with Gasteiger partial charge in [-0.3, -0.25) is 9.00 Å². The van der Waals surface area contributed by atoms with E-state index in [0.717, 1.165) is 24.2 Å². The molecular weight excluding hydrogens is 388 g/mol. The van der Waals surface area contributed by atoms with Gasteiger partial charge in [-0.2, -0.15) is 0 Å². The van der Waals surface area contributed by atoms with Crippen molar-refractivity contribution in [2.75, 3.05) is 12.9 Å². The summed E-state index contributed by atoms with van der Waals surface area (Å²) in [5.74, 6) is 2.96. The Morgan fingerprint density at radius 3 is 2.69 bits per heavy atom. The van der Waals surface area contributed by atoms with Gasteiger partial charge >= 0.3 is 0 Å². The van der Waals surface area contributed by atoms with Gasteiger partial charge in [-0.15, -0.1) is 0 Å². The average Bonchev–Trinajstić information content (AvgIpc) is 3.05. The third-order valence-corrected chi connectivity index (χ3v) is 7.05. The largest absolute Gasteiger partial charge is 0.497 e. The molecule has 0 bridgehead atoms. The first kappa shape index (κ1) is 21.6. The number of aromatic nitrogens is 1. The summed E-state index contributed by atoms with van der Waals surface area (Å²) in [4.78, 5) is 16.9. The summed E-state index contributed by atoms with van der Waals surface area (Å²) in [6, 6.07) is 7.59. The van der Waals surface area contributed by atoms with Crippen LogP contribution in [0, 0.1) is 18.8 Å². The van der Waals surface area contributed by atoms with Gasteiger partial charge in [0.15, 0.2) is 0 Å². The molecule has 1 saturated carbocycles. The van der Waals surface area contributed by atoms with Gasteiger partial charge in [0.05, 0.1) is 18.6 Å². The molecule has 1 aliphatic carbocycles. The zero-order chi connectivity index (χ0) is 21.0. The van der Waals surface area contributed by atoms with Crippen LogP contribution in [0.15, 0.2) is 28.7 Å². The van der Waals surface area contributed by atoms with Crippen molar-refractivity contribution in [3.8, 4) is 17.2 Å². The van der Waals surface area contributed by atoms with Crippen LogP contribution in [0.3, 0.4) is 0 Å². The standard InChI is InChI=1S/C22H30N2O4S/c1-14-6-5-7-19(15(14)2)23-21(25)13-29(26)12-20-16(3)28-22(24-20)17-8-10-18(27-4)11-9-17/h8-11,14-15,19H,5-7,12-13H2,1-4H3,(H,23,25)/t14-,15-,19-,29+/m1/s1. The number of benzene rings is 1. The van der Waals surface area contributed by atoms with Crippen LogP contribution in [-0.2, 0) is 21.3 Å². The van der Waals surface area contributed by atoms with E-state index in [0.29, 0.717) is 29.2 Å². The van der Waals surface area contributed by atoms with Crippen LogP contribution in [0.5, 0.6) is 5.75 Å². The van der Waals surface area contributed by atoms with Gasteiger partial charge in [-0.1, -0.05) is 26.7 Å². The summed E-state index contributed by atoms with van der Waals surface area (Å²) in [6.45, 7) is 6.22. The summed E-state index contributed by atoms with van der Waals surface area (Å²) >= 11 is 0. The van der Waals surface area contributed by atoms with E-state index in [2.05, 4.69) is 24.1 Å². The summed E-state index contributed by atoms with van der Waals surface area (Å²) < 4.78 is 23.4. The van der Waals surface area contributed by atoms with Crippen molar-refractivity contribution < 1.29 is 18.2 Å². The van der Waals surface area contributed by atoms with Crippen molar-refractivity contribution in [3.05, 3.63) is 35.7 Å². The molecule has 0 radical (unpaired) electrons. The van der Waals surface area contributed by atoms with E-state index >= 15 is 0 Å². The molecular formula is C22H30N2O4S. The Balaban J connectivity index is 1.57. The number of rotatable bonds is 7. The van der Waals surface area contributed by atoms with Crippen molar-refractivity contribution in [1.29, 1.82) is 0 Å². The van der Waals surface area contributed by atoms with Crippen LogP contribution < -0.4 is 10.1 Å². The summed E-state index contributed by atoms with van der Waals surface area (Å²) in [5, 5.41) is 3.08. The molecule has 1 N–H and O–H groups in total. The van der Waals surface area contributed by atoms with E-state index in [1.165, 1.54) is 6.42 Å². The topological polar surface area (TPSA) is 81.4 Å². The first-order chi connectivity index (χ1) is 13.9. The molecule has 29 heavy (non-hydrogen) atoms. The molecule has 1 aromatic carbocycles. The minimum Gasteiger partial charge on any atom is -0.497 e. The van der Waals surface area contributed by atoms with Gasteiger partial charge in [0.2, 0.25) is 11.8 Å². The molecule has 3 rings (SSSR count). The lowest BCUT2D eigenvalue weighted by Crippen LogP contribution is -2.45. The van der Waals surface area contributed by atoms with Crippen molar-refractivity contribution in [1.82, 2.24) is 10.3 Å². The first-order valence-corrected chi connectivity index (χ1v) is 11.6. The lowest BCUT2D eigenvalue weighted by Gasteiger charge is -2.34. The molecule has 1 fully saturated rings. The highest BCUT2D eigenvalue weighted by atomic mass is 32.2. The van der Waals surface area contributed by atoms with Crippen molar-refractivity contribution in [2.24, 2.45) is 11.8 Å². The van der Waals surface area contributed by atoms with Crippen LogP contribution in [0.25, 0.3) is 11.5 Å². The molecule has 1 aliphatic rings. The fourth-order valence-corrected chi connectivity index (χ4v) is 4.85. The molecule has 6 nitrogen and oxygen atoms in total. The number of amides is 1. The fourth-order valence-electron chi connectivity index (χ4n) is 3.80. The highest BCUT2D eigenvalue weighted by Crippen LogP contribution is 2.29. The monoisotopic (exact) mass is 418 g/mol. The predicted molar refractivity (Wildman–Crippen MR) is 114 cm³/mol. The number of ether oxygens (including phenoxy) is 1. The number of hydrogen-bond acceptors (Lipinski definition) is 5. The molecule has 0 unspecified atom stereocenters. The Morgan fingerprint density at radius 1 is 1.28 bits per heavy atom. The van der Waals surface area contributed by atoms with Crippen molar-refractivity contribution in [3.63, 3.8) is 0 Å². The summed E-state index contributed by atoms with van der Waals surface area (Å²) in [6.07, 6.45) is 3.34. The van der Waals surface area contributed by atoms with Gasteiger partial charge in [0.1, 0.15) is 17.3 Å². The van der Waals surface area contributed by atoms with Crippen molar-refractivity contribution in [2.45, 2.75) is 51.8 Å². The second-order valence-corrected chi connectivity index (χ2v) is 9.38. The first-order valence-electron chi connectivity index (χ1n) is 10.1. The maximum atomic E-state index is 12.5. The van der Waals surface area contributed by atoms with E-state index in [1.54, 1.807) is 14.0 Å². The number of nitrogens with one attached hydrogen (secondary N) is 1. The van der Waals surface area contributed by atoms with Gasteiger partial charge in [0.25, 0.3) is 0 Å². The van der Waals surface area contributed by atoms with Gasteiger partial charge < -0.3 is 14.5 Å². The SMILES string of the molecule is COc1ccc(-c2nc(C[S@](=O)CC(=O)N[C@@H]3CCC[C@@H](C)[C@H]3C)c(C)o2)cc1. The highest BCUT2D eigenvalue weighted by Gasteiger charge is 2.28. The van der Waals surface area contributed by atoms with Gasteiger partial charge in [0, 0.05) is 22.4 Å². The number of carbonyl (C=O) groups excluding carboxylic acids is 1. The zero-order valence-electron chi connectivity index (χ0n) is 17.6. The summed E-state index contributed by atoms with van der Waals surface area (Å²) in [5.41, 5.74) is 1.45. The number of carbonyl (C=O) groups is 1. The maximum Gasteiger partial charge on any atom is 0.232 e. The maximum absolute atomic E-state index is 12.5. The summed E-state index contributed by atoms with van der Waals surface area (Å²) in [7, 11) is 0.276. The predicted octanol–water partition coefficient (Wildman–Crippen LogP) is 3.85. The molecule has 1 heterocycles. The second kappa shape index (κ2) is 9.57. The van der Waals surface area contributed by atoms with E-state index in [-0.39, 0.29) is 23.5 Å². The number of nitrogens with zero attached hydrogens (tertiary/aromatic N) is 1. The lowest BCUT2D eigenvalue weighted by atomic mass is 9.78. The Kier molecular flexibility index (Phi) is 7.11. The normalized spacial score (nSPS) is 22.8. The van der Waals surface area contributed by atoms with E-state index in [1.807, 2.05) is 24.3 Å². The molecule has 1 amide bonds. The van der Waals surface area contributed by atoms with Crippen LogP contribution in [0.2, 0.25) is 0 Å². The zero-order valence-corrected chi connectivity index (χ0v) is 18.4. The quantitative estimate of drug-likeness (QED) is 0.739. The minimum atomic E-state index is -1.34. The Bertz CT molecular complexity index is 862. The third kappa shape index (κ3) is 5.47. The molecule has 7 heteroatoms. The van der Waals surface area contributed by atoms with E-state index < -0.39 is 10.8 Å².